The van der Waals surface area contributed by atoms with E-state index in [2.05, 4.69) is 12.2 Å². The largest absolute Gasteiger partial charge is 0.355 e. The fourth-order valence-corrected chi connectivity index (χ4v) is 3.77. The summed E-state index contributed by atoms with van der Waals surface area (Å²) in [7, 11) is 0. The van der Waals surface area contributed by atoms with Crippen molar-refractivity contribution in [3.05, 3.63) is 35.6 Å². The van der Waals surface area contributed by atoms with Gasteiger partial charge in [0.15, 0.2) is 0 Å². The van der Waals surface area contributed by atoms with E-state index >= 15 is 0 Å². The van der Waals surface area contributed by atoms with Gasteiger partial charge in [-0.2, -0.15) is 0 Å². The minimum Gasteiger partial charge on any atom is -0.355 e. The zero-order valence-electron chi connectivity index (χ0n) is 14.9. The number of hydrogen-bond donors (Lipinski definition) is 1. The van der Waals surface area contributed by atoms with Crippen LogP contribution in [0, 0.1) is 11.2 Å². The Morgan fingerprint density at radius 2 is 1.96 bits per heavy atom. The fraction of sp³-hybridized carbons (Fsp3) is 0.600. The monoisotopic (exact) mass is 346 g/mol. The Morgan fingerprint density at radius 3 is 2.60 bits per heavy atom. The van der Waals surface area contributed by atoms with E-state index in [1.807, 2.05) is 4.90 Å². The SMILES string of the molecule is CCC1CCCCN1C(=O)C1(C(=O)NCCc2ccc(F)cc2)CC1. The molecule has 1 N–H and O–H groups in total. The summed E-state index contributed by atoms with van der Waals surface area (Å²) >= 11 is 0. The Bertz CT molecular complexity index is 625. The van der Waals surface area contributed by atoms with Crippen molar-refractivity contribution in [2.75, 3.05) is 13.1 Å². The predicted octanol–water partition coefficient (Wildman–Crippen LogP) is 3.06. The summed E-state index contributed by atoms with van der Waals surface area (Å²) in [4.78, 5) is 27.6. The molecule has 1 heterocycles. The summed E-state index contributed by atoms with van der Waals surface area (Å²) < 4.78 is 12.9. The number of likely N-dealkylation sites (tertiary alicyclic amines) is 1. The van der Waals surface area contributed by atoms with Gasteiger partial charge in [-0.3, -0.25) is 9.59 Å². The molecule has 1 aromatic carbocycles. The van der Waals surface area contributed by atoms with Gasteiger partial charge >= 0.3 is 0 Å². The van der Waals surface area contributed by atoms with Crippen molar-refractivity contribution in [1.29, 1.82) is 0 Å². The van der Waals surface area contributed by atoms with E-state index < -0.39 is 5.41 Å². The number of nitrogens with one attached hydrogen (secondary N) is 1. The van der Waals surface area contributed by atoms with Crippen molar-refractivity contribution < 1.29 is 14.0 Å². The number of halogens is 1. The predicted molar refractivity (Wildman–Crippen MR) is 94.4 cm³/mol. The third-order valence-corrected chi connectivity index (χ3v) is 5.57. The number of rotatable bonds is 6. The van der Waals surface area contributed by atoms with Crippen LogP contribution in [0.2, 0.25) is 0 Å². The average molecular weight is 346 g/mol. The van der Waals surface area contributed by atoms with Crippen LogP contribution in [0.4, 0.5) is 4.39 Å². The molecule has 1 saturated heterocycles. The molecule has 1 aromatic rings. The Hall–Kier alpha value is -1.91. The molecule has 0 aromatic heterocycles. The van der Waals surface area contributed by atoms with Crippen LogP contribution < -0.4 is 5.32 Å². The van der Waals surface area contributed by atoms with Crippen molar-refractivity contribution in [2.45, 2.75) is 57.9 Å². The number of carbonyl (C=O) groups excluding carboxylic acids is 2. The fourth-order valence-electron chi connectivity index (χ4n) is 3.77. The highest BCUT2D eigenvalue weighted by Crippen LogP contribution is 2.48. The molecule has 25 heavy (non-hydrogen) atoms. The van der Waals surface area contributed by atoms with Gasteiger partial charge in [0.1, 0.15) is 11.2 Å². The lowest BCUT2D eigenvalue weighted by molar-refractivity contribution is -0.147. The van der Waals surface area contributed by atoms with Gasteiger partial charge in [0, 0.05) is 19.1 Å². The number of benzene rings is 1. The van der Waals surface area contributed by atoms with Gasteiger partial charge in [-0.1, -0.05) is 19.1 Å². The van der Waals surface area contributed by atoms with E-state index in [9.17, 15) is 14.0 Å². The van der Waals surface area contributed by atoms with Crippen molar-refractivity contribution in [3.8, 4) is 0 Å². The third kappa shape index (κ3) is 3.86. The number of hydrogen-bond acceptors (Lipinski definition) is 2. The molecule has 0 radical (unpaired) electrons. The van der Waals surface area contributed by atoms with Crippen LogP contribution in [0.1, 0.15) is 51.0 Å². The molecule has 3 rings (SSSR count). The van der Waals surface area contributed by atoms with Gasteiger partial charge < -0.3 is 10.2 Å². The maximum atomic E-state index is 13.0. The van der Waals surface area contributed by atoms with E-state index in [4.69, 9.17) is 0 Å². The zero-order chi connectivity index (χ0) is 17.9. The minimum atomic E-state index is -0.826. The third-order valence-electron chi connectivity index (χ3n) is 5.57. The Balaban J connectivity index is 1.55. The first-order valence-corrected chi connectivity index (χ1v) is 9.40. The van der Waals surface area contributed by atoms with Gasteiger partial charge in [0.25, 0.3) is 0 Å². The zero-order valence-corrected chi connectivity index (χ0v) is 14.9. The van der Waals surface area contributed by atoms with Crippen molar-refractivity contribution in [2.24, 2.45) is 5.41 Å². The molecule has 1 unspecified atom stereocenters. The summed E-state index contributed by atoms with van der Waals surface area (Å²) in [6.45, 7) is 3.36. The summed E-state index contributed by atoms with van der Waals surface area (Å²) in [5.41, 5.74) is 0.146. The van der Waals surface area contributed by atoms with Crippen molar-refractivity contribution >= 4 is 11.8 Å². The normalized spacial score (nSPS) is 21.7. The first-order valence-electron chi connectivity index (χ1n) is 9.40. The Labute approximate surface area is 148 Å². The smallest absolute Gasteiger partial charge is 0.238 e. The second kappa shape index (κ2) is 7.54. The molecule has 0 bridgehead atoms. The molecule has 2 aliphatic rings. The molecule has 136 valence electrons. The quantitative estimate of drug-likeness (QED) is 0.805. The standard InChI is InChI=1S/C20H27FN2O2/c1-2-17-5-3-4-14-23(17)19(25)20(11-12-20)18(24)22-13-10-15-6-8-16(21)9-7-15/h6-9,17H,2-5,10-14H2,1H3,(H,22,24). The summed E-state index contributed by atoms with van der Waals surface area (Å²) in [5, 5.41) is 2.92. The number of piperidine rings is 1. The first kappa shape index (κ1) is 17.9. The molecule has 2 fully saturated rings. The molecular weight excluding hydrogens is 319 g/mol. The van der Waals surface area contributed by atoms with E-state index in [-0.39, 0.29) is 23.7 Å². The molecular formula is C20H27FN2O2. The lowest BCUT2D eigenvalue weighted by Crippen LogP contribution is -2.51. The van der Waals surface area contributed by atoms with Crippen molar-refractivity contribution in [3.63, 3.8) is 0 Å². The summed E-state index contributed by atoms with van der Waals surface area (Å²) in [6.07, 6.45) is 6.14. The number of amides is 2. The van der Waals surface area contributed by atoms with E-state index in [1.54, 1.807) is 12.1 Å². The first-order chi connectivity index (χ1) is 12.1. The second-order valence-electron chi connectivity index (χ2n) is 7.27. The summed E-state index contributed by atoms with van der Waals surface area (Å²) in [6, 6.07) is 6.57. The van der Waals surface area contributed by atoms with Crippen LogP contribution in [-0.2, 0) is 16.0 Å². The highest BCUT2D eigenvalue weighted by atomic mass is 19.1. The highest BCUT2D eigenvalue weighted by Gasteiger charge is 2.58. The maximum Gasteiger partial charge on any atom is 0.238 e. The molecule has 0 spiro atoms. The van der Waals surface area contributed by atoms with Gasteiger partial charge in [0.2, 0.25) is 11.8 Å². The second-order valence-corrected chi connectivity index (χ2v) is 7.27. The van der Waals surface area contributed by atoms with Crippen LogP contribution in [-0.4, -0.2) is 35.8 Å². The topological polar surface area (TPSA) is 49.4 Å². The van der Waals surface area contributed by atoms with E-state index in [0.29, 0.717) is 25.8 Å². The maximum absolute atomic E-state index is 13.0. The van der Waals surface area contributed by atoms with Crippen LogP contribution >= 0.6 is 0 Å². The molecule has 2 amide bonds. The van der Waals surface area contributed by atoms with Crippen LogP contribution in [0.25, 0.3) is 0 Å². The van der Waals surface area contributed by atoms with Gasteiger partial charge in [-0.05, 0) is 62.6 Å². The highest BCUT2D eigenvalue weighted by molar-refractivity contribution is 6.08. The minimum absolute atomic E-state index is 0.0262. The summed E-state index contributed by atoms with van der Waals surface area (Å²) in [5.74, 6) is -0.374. The lowest BCUT2D eigenvalue weighted by atomic mass is 9.95. The van der Waals surface area contributed by atoms with Crippen LogP contribution in [0.15, 0.2) is 24.3 Å². The van der Waals surface area contributed by atoms with Gasteiger partial charge in [-0.15, -0.1) is 0 Å². The average Bonchev–Trinajstić information content (AvgIpc) is 3.44. The molecule has 4 nitrogen and oxygen atoms in total. The lowest BCUT2D eigenvalue weighted by Gasteiger charge is -2.37. The number of carbonyl (C=O) groups is 2. The molecule has 1 aliphatic carbocycles. The van der Waals surface area contributed by atoms with Crippen LogP contribution in [0.5, 0.6) is 0 Å². The molecule has 1 atom stereocenters. The number of nitrogens with zero attached hydrogens (tertiary/aromatic N) is 1. The van der Waals surface area contributed by atoms with Crippen molar-refractivity contribution in [1.82, 2.24) is 10.2 Å². The molecule has 1 saturated carbocycles. The molecule has 1 aliphatic heterocycles. The van der Waals surface area contributed by atoms with E-state index in [0.717, 1.165) is 31.4 Å². The molecule has 5 heteroatoms. The van der Waals surface area contributed by atoms with Crippen LogP contribution in [0.3, 0.4) is 0 Å². The van der Waals surface area contributed by atoms with Gasteiger partial charge in [-0.25, -0.2) is 4.39 Å². The Morgan fingerprint density at radius 1 is 1.24 bits per heavy atom. The van der Waals surface area contributed by atoms with Gasteiger partial charge in [0.05, 0.1) is 0 Å². The Kier molecular flexibility index (Phi) is 5.40. The van der Waals surface area contributed by atoms with E-state index in [1.165, 1.54) is 18.6 Å².